The first-order valence-electron chi connectivity index (χ1n) is 22.1. The van der Waals surface area contributed by atoms with Crippen molar-refractivity contribution in [1.82, 2.24) is 59.0 Å². The number of rotatable bonds is 4. The molecule has 3 saturated heterocycles. The van der Waals surface area contributed by atoms with Crippen LogP contribution in [0.4, 0.5) is 23.5 Å². The Hall–Kier alpha value is -5.43. The molecule has 0 unspecified atom stereocenters. The van der Waals surface area contributed by atoms with Crippen LogP contribution in [0.2, 0.25) is 5.28 Å². The molecule has 0 bridgehead atoms. The molecule has 6 aromatic heterocycles. The predicted molar refractivity (Wildman–Crippen MR) is 254 cm³/mol. The quantitative estimate of drug-likeness (QED) is 0.189. The highest BCUT2D eigenvalue weighted by atomic mass is 35.5. The number of nitrogen functional groups attached to an aromatic ring is 2. The van der Waals surface area contributed by atoms with E-state index in [9.17, 15) is 0 Å². The van der Waals surface area contributed by atoms with Gasteiger partial charge in [-0.2, -0.15) is 9.97 Å². The Kier molecular flexibility index (Phi) is 13.3. The van der Waals surface area contributed by atoms with Crippen molar-refractivity contribution in [3.8, 4) is 11.4 Å². The van der Waals surface area contributed by atoms with Crippen LogP contribution in [0.25, 0.3) is 33.7 Å². The van der Waals surface area contributed by atoms with E-state index >= 15 is 0 Å². The van der Waals surface area contributed by atoms with Crippen molar-refractivity contribution in [1.29, 1.82) is 0 Å². The standard InChI is InChI=1S/C18H22N8O2.C14H18ClN5O2.C10H16BN3O2.CH4/c1-18(2)16-22-12-14(25-3-6-27-7-4-25)23-13(11-9-20-17(19)21-10-11)24-15(12)26(16)5-8-28-18;1-14(2)12-16-9-10(19-3-6-21-7-4-19)17-13(15)18-11(9)20(12)5-8-22-14;1-9(2)10(3,4)16-11(15-9)7-5-13-8(12)14-6-7;/h9-10H,3-8H2,1-2H3,(H2,19,20,21);3-8H2,1-2H3;5-6H,1-4H3,(H2,12,13,14);1H4. The molecule has 11 rings (SSSR count). The number of nitrogens with zero attached hydrogens (tertiary/aromatic N) is 14. The number of fused-ring (bicyclic) bond motifs is 6. The van der Waals surface area contributed by atoms with Gasteiger partial charge in [-0.1, -0.05) is 7.43 Å². The zero-order chi connectivity index (χ0) is 46.6. The van der Waals surface area contributed by atoms with E-state index < -0.39 is 18.3 Å². The highest BCUT2D eigenvalue weighted by Gasteiger charge is 2.52. The van der Waals surface area contributed by atoms with E-state index in [4.69, 9.17) is 71.3 Å². The molecule has 0 aromatic carbocycles. The summed E-state index contributed by atoms with van der Waals surface area (Å²) in [5, 5.41) is 0.251. The van der Waals surface area contributed by atoms with Crippen LogP contribution in [0.5, 0.6) is 0 Å². The maximum absolute atomic E-state index is 6.16. The van der Waals surface area contributed by atoms with Crippen LogP contribution in [0.15, 0.2) is 24.8 Å². The van der Waals surface area contributed by atoms with Gasteiger partial charge >= 0.3 is 7.12 Å². The summed E-state index contributed by atoms with van der Waals surface area (Å²) in [6, 6.07) is 0. The molecular formula is C43H60BClN16O6. The van der Waals surface area contributed by atoms with Gasteiger partial charge in [0.2, 0.25) is 17.2 Å². The van der Waals surface area contributed by atoms with Gasteiger partial charge < -0.3 is 58.7 Å². The average Bonchev–Trinajstić information content (AvgIpc) is 3.94. The van der Waals surface area contributed by atoms with Gasteiger partial charge in [0.05, 0.1) is 56.4 Å². The number of morpholine rings is 2. The number of anilines is 4. The topological polar surface area (TPSA) is 253 Å². The Morgan fingerprint density at radius 3 is 1.46 bits per heavy atom. The number of nitrogens with two attached hydrogens (primary N) is 2. The van der Waals surface area contributed by atoms with E-state index in [0.717, 1.165) is 83.8 Å². The largest absolute Gasteiger partial charge is 0.498 e. The summed E-state index contributed by atoms with van der Waals surface area (Å²) >= 11 is 6.16. The second-order valence-corrected chi connectivity index (χ2v) is 18.8. The molecule has 0 aliphatic carbocycles. The molecule has 3 fully saturated rings. The third-order valence-corrected chi connectivity index (χ3v) is 12.7. The molecule has 5 aliphatic heterocycles. The lowest BCUT2D eigenvalue weighted by Crippen LogP contribution is -2.41. The summed E-state index contributed by atoms with van der Waals surface area (Å²) < 4.78 is 38.6. The third-order valence-electron chi connectivity index (χ3n) is 12.5. The smallest absolute Gasteiger partial charge is 0.399 e. The minimum Gasteiger partial charge on any atom is -0.399 e. The van der Waals surface area contributed by atoms with Gasteiger partial charge in [0.25, 0.3) is 0 Å². The molecule has 4 N–H and O–H groups in total. The summed E-state index contributed by atoms with van der Waals surface area (Å²) in [6.45, 7) is 24.6. The second-order valence-electron chi connectivity index (χ2n) is 18.4. The monoisotopic (exact) mass is 942 g/mol. The molecular weight excluding hydrogens is 883 g/mol. The molecule has 6 aromatic rings. The van der Waals surface area contributed by atoms with Crippen molar-refractivity contribution in [2.75, 3.05) is 87.1 Å². The summed E-state index contributed by atoms with van der Waals surface area (Å²) in [5.74, 6) is 4.36. The maximum Gasteiger partial charge on any atom is 0.498 e. The molecule has 358 valence electrons. The highest BCUT2D eigenvalue weighted by Crippen LogP contribution is 2.38. The van der Waals surface area contributed by atoms with Crippen LogP contribution in [0.1, 0.15) is 74.5 Å². The number of hydrogen-bond donors (Lipinski definition) is 2. The van der Waals surface area contributed by atoms with Crippen molar-refractivity contribution in [3.63, 3.8) is 0 Å². The molecule has 0 amide bonds. The first kappa shape index (κ1) is 48.0. The summed E-state index contributed by atoms with van der Waals surface area (Å²) in [4.78, 5) is 48.6. The lowest BCUT2D eigenvalue weighted by atomic mass is 9.81. The molecule has 0 atom stereocenters. The van der Waals surface area contributed by atoms with Gasteiger partial charge in [-0.15, -0.1) is 0 Å². The normalized spacial score (nSPS) is 20.2. The Balaban J connectivity index is 0.000000141. The highest BCUT2D eigenvalue weighted by molar-refractivity contribution is 6.61. The third kappa shape index (κ3) is 9.54. The number of aromatic nitrogens is 12. The van der Waals surface area contributed by atoms with Crippen LogP contribution in [-0.4, -0.2) is 143 Å². The molecule has 0 saturated carbocycles. The van der Waals surface area contributed by atoms with Gasteiger partial charge in [0.1, 0.15) is 22.9 Å². The summed E-state index contributed by atoms with van der Waals surface area (Å²) in [6.07, 6.45) is 6.55. The van der Waals surface area contributed by atoms with E-state index in [1.54, 1.807) is 24.8 Å². The Bertz CT molecular complexity index is 2690. The van der Waals surface area contributed by atoms with Crippen LogP contribution in [0.3, 0.4) is 0 Å². The van der Waals surface area contributed by atoms with E-state index in [0.29, 0.717) is 57.6 Å². The Morgan fingerprint density at radius 1 is 0.552 bits per heavy atom. The Morgan fingerprint density at radius 2 is 0.985 bits per heavy atom. The van der Waals surface area contributed by atoms with Crippen molar-refractivity contribution in [2.45, 2.75) is 98.3 Å². The van der Waals surface area contributed by atoms with Gasteiger partial charge in [-0.3, -0.25) is 0 Å². The van der Waals surface area contributed by atoms with Gasteiger partial charge in [0.15, 0.2) is 39.8 Å². The number of hydrogen-bond acceptors (Lipinski definition) is 20. The second kappa shape index (κ2) is 18.6. The van der Waals surface area contributed by atoms with Gasteiger partial charge in [-0.05, 0) is 67.0 Å². The minimum absolute atomic E-state index is 0. The van der Waals surface area contributed by atoms with Crippen LogP contribution in [0, 0.1) is 0 Å². The van der Waals surface area contributed by atoms with Gasteiger partial charge in [0, 0.05) is 69.5 Å². The fraction of sp³-hybridized carbons (Fsp3) is 0.581. The van der Waals surface area contributed by atoms with Crippen molar-refractivity contribution >= 4 is 70.0 Å². The molecule has 67 heavy (non-hydrogen) atoms. The van der Waals surface area contributed by atoms with E-state index in [2.05, 4.69) is 48.8 Å². The lowest BCUT2D eigenvalue weighted by molar-refractivity contribution is -0.0532. The van der Waals surface area contributed by atoms with E-state index in [1.807, 2.05) is 55.4 Å². The zero-order valence-corrected chi connectivity index (χ0v) is 39.4. The lowest BCUT2D eigenvalue weighted by Gasteiger charge is -2.32. The predicted octanol–water partition coefficient (Wildman–Crippen LogP) is 3.54. The average molecular weight is 943 g/mol. The van der Waals surface area contributed by atoms with Gasteiger partial charge in [-0.25, -0.2) is 39.9 Å². The maximum atomic E-state index is 6.16. The van der Waals surface area contributed by atoms with Crippen LogP contribution >= 0.6 is 11.6 Å². The van der Waals surface area contributed by atoms with Crippen LogP contribution in [-0.2, 0) is 52.5 Å². The van der Waals surface area contributed by atoms with Crippen molar-refractivity contribution in [3.05, 3.63) is 41.7 Å². The summed E-state index contributed by atoms with van der Waals surface area (Å²) in [5.41, 5.74) is 14.1. The minimum atomic E-state index is -0.480. The number of ether oxygens (including phenoxy) is 4. The molecule has 11 heterocycles. The number of imidazole rings is 2. The fourth-order valence-electron chi connectivity index (χ4n) is 8.23. The van der Waals surface area contributed by atoms with E-state index in [-0.39, 0.29) is 35.8 Å². The first-order chi connectivity index (χ1) is 31.4. The summed E-state index contributed by atoms with van der Waals surface area (Å²) in [7, 11) is -0.425. The molecule has 24 heteroatoms. The molecule has 5 aliphatic rings. The van der Waals surface area contributed by atoms with Crippen molar-refractivity contribution in [2.24, 2.45) is 0 Å². The number of halogens is 1. The Labute approximate surface area is 394 Å². The molecule has 0 spiro atoms. The molecule has 22 nitrogen and oxygen atoms in total. The van der Waals surface area contributed by atoms with E-state index in [1.165, 1.54) is 0 Å². The molecule has 0 radical (unpaired) electrons. The first-order valence-corrected chi connectivity index (χ1v) is 22.5. The van der Waals surface area contributed by atoms with Crippen LogP contribution < -0.4 is 26.7 Å². The fourth-order valence-corrected chi connectivity index (χ4v) is 8.39. The zero-order valence-electron chi connectivity index (χ0n) is 38.6. The van der Waals surface area contributed by atoms with Crippen molar-refractivity contribution < 1.29 is 28.3 Å². The SMILES string of the molecule is C.CC1(C)OB(c2cnc(N)nc2)OC1(C)C.CC1(C)OCCn2c1nc1c(N3CCOCC3)nc(-c3cnc(N)nc3)nc12.CC1(C)OCCn2c1nc1c(N3CCOCC3)nc(Cl)nc12.